The van der Waals surface area contributed by atoms with E-state index in [1.54, 1.807) is 27.7 Å². The molecule has 2 rings (SSSR count). The number of nitrogens with one attached hydrogen (secondary N) is 3. The quantitative estimate of drug-likeness (QED) is 0.150. The lowest BCUT2D eigenvalue weighted by molar-refractivity contribution is -0.149. The Labute approximate surface area is 219 Å². The molecule has 1 aromatic rings. The van der Waals surface area contributed by atoms with Crippen molar-refractivity contribution in [3.63, 3.8) is 0 Å². The monoisotopic (exact) mass is 564 g/mol. The van der Waals surface area contributed by atoms with E-state index >= 15 is 0 Å². The molecule has 5 N–H and O–H groups in total. The predicted molar refractivity (Wildman–Crippen MR) is 133 cm³/mol. The van der Waals surface area contributed by atoms with Crippen LogP contribution in [0.4, 0.5) is 0 Å². The smallest absolute Gasteiger partial charge is 0.342 e. The first-order valence-electron chi connectivity index (χ1n) is 12.1. The number of aromatic amines is 1. The molecule has 1 aromatic heterocycles. The minimum Gasteiger partial charge on any atom is -0.462 e. The normalized spacial score (nSPS) is 23.4. The molecule has 15 nitrogen and oxygen atoms in total. The Morgan fingerprint density at radius 3 is 2.05 bits per heavy atom. The molecule has 0 aliphatic carbocycles. The SMILES string of the molecule is CC(C)OC(=O)[C@@H](C)NP(=O)(N[C@H](C)C(=O)OC(C)C)OC[C@H]1O[C@@H](n2ccc(=O)[nH]c2=O)[C@H](O)[C@@H]1CO. The van der Waals surface area contributed by atoms with Crippen LogP contribution in [-0.4, -0.2) is 81.4 Å². The Balaban J connectivity index is 2.24. The molecule has 2 heterocycles. The molecule has 1 aliphatic rings. The highest BCUT2D eigenvalue weighted by Crippen LogP contribution is 2.42. The van der Waals surface area contributed by atoms with Crippen molar-refractivity contribution in [3.05, 3.63) is 33.1 Å². The minimum atomic E-state index is -4.20. The third kappa shape index (κ3) is 8.56. The summed E-state index contributed by atoms with van der Waals surface area (Å²) in [6, 6.07) is -1.19. The third-order valence-corrected chi connectivity index (χ3v) is 7.38. The second-order valence-electron chi connectivity index (χ2n) is 9.44. The maximum Gasteiger partial charge on any atom is 0.342 e. The van der Waals surface area contributed by atoms with Gasteiger partial charge < -0.3 is 28.9 Å². The standard InChI is InChI=1S/C22H37N4O11P/c1-11(2)35-20(30)13(5)24-38(33,25-14(6)21(31)36-12(3)4)34-10-16-15(9-27)18(29)19(37-16)26-8-7-17(28)23-22(26)32/h7-8,11-16,18-19,27,29H,9-10H2,1-6H3,(H,23,28,32)(H2,24,25,33)/t13-,14-,15-,16-,18-,19-/m1/s1. The van der Waals surface area contributed by atoms with Gasteiger partial charge in [-0.15, -0.1) is 0 Å². The zero-order chi connectivity index (χ0) is 28.8. The van der Waals surface area contributed by atoms with Gasteiger partial charge in [0.25, 0.3) is 5.56 Å². The molecule has 216 valence electrons. The summed E-state index contributed by atoms with van der Waals surface area (Å²) in [6.45, 7) is 8.29. The molecule has 1 saturated heterocycles. The zero-order valence-corrected chi connectivity index (χ0v) is 23.0. The van der Waals surface area contributed by atoms with Gasteiger partial charge in [-0.3, -0.25) is 28.5 Å². The fraction of sp³-hybridized carbons (Fsp3) is 0.727. The van der Waals surface area contributed by atoms with Gasteiger partial charge in [-0.05, 0) is 41.5 Å². The van der Waals surface area contributed by atoms with Crippen molar-refractivity contribution in [3.8, 4) is 0 Å². The molecule has 38 heavy (non-hydrogen) atoms. The van der Waals surface area contributed by atoms with Gasteiger partial charge in [-0.1, -0.05) is 0 Å². The highest BCUT2D eigenvalue weighted by atomic mass is 31.2. The van der Waals surface area contributed by atoms with Crippen LogP contribution in [0.3, 0.4) is 0 Å². The van der Waals surface area contributed by atoms with Crippen LogP contribution in [0.1, 0.15) is 47.8 Å². The van der Waals surface area contributed by atoms with Gasteiger partial charge in [0, 0.05) is 18.2 Å². The molecule has 0 saturated carbocycles. The van der Waals surface area contributed by atoms with Crippen LogP contribution in [0.5, 0.6) is 0 Å². The van der Waals surface area contributed by atoms with Crippen LogP contribution >= 0.6 is 7.67 Å². The zero-order valence-electron chi connectivity index (χ0n) is 22.2. The molecule has 16 heteroatoms. The van der Waals surface area contributed by atoms with E-state index in [-0.39, 0.29) is 0 Å². The molecule has 0 bridgehead atoms. The van der Waals surface area contributed by atoms with Crippen molar-refractivity contribution < 1.29 is 43.1 Å². The molecule has 0 radical (unpaired) electrons. The number of carbonyl (C=O) groups is 2. The number of rotatable bonds is 13. The van der Waals surface area contributed by atoms with E-state index in [9.17, 15) is 34.0 Å². The lowest BCUT2D eigenvalue weighted by Crippen LogP contribution is -2.43. The molecule has 6 atom stereocenters. The Morgan fingerprint density at radius 1 is 1.08 bits per heavy atom. The molecular formula is C22H37N4O11P. The highest BCUT2D eigenvalue weighted by Gasteiger charge is 2.46. The van der Waals surface area contributed by atoms with Gasteiger partial charge in [0.15, 0.2) is 6.23 Å². The summed E-state index contributed by atoms with van der Waals surface area (Å²) in [5.41, 5.74) is -1.49. The van der Waals surface area contributed by atoms with Gasteiger partial charge in [0.1, 0.15) is 18.2 Å². The number of ether oxygens (including phenoxy) is 3. The number of aliphatic hydroxyl groups excluding tert-OH is 2. The summed E-state index contributed by atoms with van der Waals surface area (Å²) in [5.74, 6) is -2.42. The summed E-state index contributed by atoms with van der Waals surface area (Å²) in [6.07, 6.45) is -3.50. The number of carbonyl (C=O) groups excluding carboxylic acids is 2. The number of hydrogen-bond acceptors (Lipinski definition) is 11. The lowest BCUT2D eigenvalue weighted by Gasteiger charge is -2.28. The fourth-order valence-corrected chi connectivity index (χ4v) is 5.42. The highest BCUT2D eigenvalue weighted by molar-refractivity contribution is 7.54. The summed E-state index contributed by atoms with van der Waals surface area (Å²) in [7, 11) is -4.20. The maximum atomic E-state index is 13.8. The predicted octanol–water partition coefficient (Wildman–Crippen LogP) is -0.612. The van der Waals surface area contributed by atoms with Crippen LogP contribution in [0.2, 0.25) is 0 Å². The molecule has 1 fully saturated rings. The molecule has 1 aliphatic heterocycles. The molecule has 0 spiro atoms. The van der Waals surface area contributed by atoms with Crippen LogP contribution in [0, 0.1) is 5.92 Å². The van der Waals surface area contributed by atoms with Gasteiger partial charge in [-0.2, -0.15) is 0 Å². The summed E-state index contributed by atoms with van der Waals surface area (Å²) in [4.78, 5) is 50.3. The number of H-pyrrole nitrogens is 1. The molecule has 0 aromatic carbocycles. The first-order chi connectivity index (χ1) is 17.7. The first-order valence-corrected chi connectivity index (χ1v) is 13.8. The second kappa shape index (κ2) is 13.6. The van der Waals surface area contributed by atoms with E-state index in [1.807, 2.05) is 4.98 Å². The van der Waals surface area contributed by atoms with Gasteiger partial charge in [0.05, 0.1) is 31.5 Å². The van der Waals surface area contributed by atoms with Crippen LogP contribution in [-0.2, 0) is 32.9 Å². The van der Waals surface area contributed by atoms with Crippen molar-refractivity contribution in [2.45, 2.75) is 84.3 Å². The van der Waals surface area contributed by atoms with Crippen molar-refractivity contribution in [2.75, 3.05) is 13.2 Å². The van der Waals surface area contributed by atoms with E-state index < -0.39 is 92.7 Å². The van der Waals surface area contributed by atoms with Gasteiger partial charge in [-0.25, -0.2) is 15.0 Å². The van der Waals surface area contributed by atoms with Gasteiger partial charge in [0.2, 0.25) is 0 Å². The topological polar surface area (TPSA) is 208 Å². The van der Waals surface area contributed by atoms with Gasteiger partial charge >= 0.3 is 25.3 Å². The fourth-order valence-electron chi connectivity index (χ4n) is 3.61. The van der Waals surface area contributed by atoms with Crippen molar-refractivity contribution in [1.82, 2.24) is 19.7 Å². The van der Waals surface area contributed by atoms with E-state index in [0.29, 0.717) is 0 Å². The van der Waals surface area contributed by atoms with E-state index in [1.165, 1.54) is 13.8 Å². The van der Waals surface area contributed by atoms with Crippen molar-refractivity contribution in [1.29, 1.82) is 0 Å². The van der Waals surface area contributed by atoms with Crippen LogP contribution in [0.25, 0.3) is 0 Å². The largest absolute Gasteiger partial charge is 0.462 e. The van der Waals surface area contributed by atoms with Crippen LogP contribution in [0.15, 0.2) is 21.9 Å². The molecular weight excluding hydrogens is 527 g/mol. The summed E-state index contributed by atoms with van der Waals surface area (Å²) >= 11 is 0. The minimum absolute atomic E-state index is 0.438. The first kappa shape index (κ1) is 31.8. The lowest BCUT2D eigenvalue weighted by atomic mass is 9.99. The average Bonchev–Trinajstić information content (AvgIpc) is 3.11. The van der Waals surface area contributed by atoms with Crippen molar-refractivity contribution in [2.24, 2.45) is 5.92 Å². The number of esters is 2. The summed E-state index contributed by atoms with van der Waals surface area (Å²) in [5, 5.41) is 25.6. The number of nitrogens with zero attached hydrogens (tertiary/aromatic N) is 1. The number of aromatic nitrogens is 2. The van der Waals surface area contributed by atoms with E-state index in [0.717, 1.165) is 16.8 Å². The number of hydrogen-bond donors (Lipinski definition) is 5. The Hall–Kier alpha value is -2.39. The Kier molecular flexibility index (Phi) is 11.4. The Bertz CT molecular complexity index is 1090. The van der Waals surface area contributed by atoms with Crippen molar-refractivity contribution >= 4 is 19.6 Å². The second-order valence-corrected chi connectivity index (χ2v) is 11.3. The number of aliphatic hydroxyl groups is 2. The summed E-state index contributed by atoms with van der Waals surface area (Å²) < 4.78 is 36.3. The van der Waals surface area contributed by atoms with E-state index in [4.69, 9.17) is 18.7 Å². The van der Waals surface area contributed by atoms with E-state index in [2.05, 4.69) is 10.2 Å². The maximum absolute atomic E-state index is 13.8. The molecule has 0 unspecified atom stereocenters. The Morgan fingerprint density at radius 2 is 1.61 bits per heavy atom. The third-order valence-electron chi connectivity index (χ3n) is 5.42. The van der Waals surface area contributed by atoms with Crippen LogP contribution < -0.4 is 21.4 Å². The molecule has 0 amide bonds. The average molecular weight is 565 g/mol.